The van der Waals surface area contributed by atoms with Crippen molar-refractivity contribution in [3.05, 3.63) is 0 Å². The molecule has 2 aliphatic rings. The number of hydrogen-bond donors (Lipinski definition) is 2. The zero-order valence-electron chi connectivity index (χ0n) is 6.40. The van der Waals surface area contributed by atoms with Gasteiger partial charge in [-0.3, -0.25) is 0 Å². The lowest BCUT2D eigenvalue weighted by Gasteiger charge is -2.42. The second kappa shape index (κ2) is 2.21. The van der Waals surface area contributed by atoms with Crippen LogP contribution in [0.15, 0.2) is 0 Å². The second-order valence-corrected chi connectivity index (χ2v) is 3.76. The topological polar surface area (TPSA) is 38.0 Å². The van der Waals surface area contributed by atoms with Crippen LogP contribution < -0.4 is 11.1 Å². The summed E-state index contributed by atoms with van der Waals surface area (Å²) in [7, 11) is 0. The summed E-state index contributed by atoms with van der Waals surface area (Å²) in [4.78, 5) is 0. The van der Waals surface area contributed by atoms with Crippen LogP contribution in [-0.4, -0.2) is 18.1 Å². The molecule has 0 spiro atoms. The molecule has 3 N–H and O–H groups in total. The summed E-state index contributed by atoms with van der Waals surface area (Å²) in [6.07, 6.45) is 6.74. The van der Waals surface area contributed by atoms with Crippen LogP contribution >= 0.6 is 0 Å². The van der Waals surface area contributed by atoms with Crippen LogP contribution in [0.1, 0.15) is 32.1 Å². The van der Waals surface area contributed by atoms with Gasteiger partial charge in [0.15, 0.2) is 0 Å². The van der Waals surface area contributed by atoms with E-state index in [0.717, 1.165) is 12.6 Å². The maximum Gasteiger partial charge on any atom is 0.0306 e. The minimum Gasteiger partial charge on any atom is -0.329 e. The minimum absolute atomic E-state index is 0.376. The summed E-state index contributed by atoms with van der Waals surface area (Å²) >= 11 is 0. The van der Waals surface area contributed by atoms with E-state index in [1.54, 1.807) is 0 Å². The number of nitrogens with one attached hydrogen (secondary N) is 1. The van der Waals surface area contributed by atoms with Crippen molar-refractivity contribution in [1.29, 1.82) is 0 Å². The predicted octanol–water partition coefficient (Wildman–Crippen LogP) is 0.620. The molecule has 0 aliphatic heterocycles. The van der Waals surface area contributed by atoms with Crippen molar-refractivity contribution in [3.63, 3.8) is 0 Å². The molecule has 0 aromatic heterocycles. The second-order valence-electron chi connectivity index (χ2n) is 3.76. The van der Waals surface area contributed by atoms with Gasteiger partial charge in [0.2, 0.25) is 0 Å². The van der Waals surface area contributed by atoms with E-state index in [4.69, 9.17) is 5.73 Å². The fourth-order valence-corrected chi connectivity index (χ4v) is 1.67. The molecule has 0 amide bonds. The van der Waals surface area contributed by atoms with E-state index < -0.39 is 0 Å². The molecule has 0 saturated heterocycles. The molecule has 2 saturated carbocycles. The van der Waals surface area contributed by atoms with Crippen LogP contribution in [0.4, 0.5) is 0 Å². The number of nitrogens with two attached hydrogens (primary N) is 1. The Kier molecular flexibility index (Phi) is 1.46. The smallest absolute Gasteiger partial charge is 0.0306 e. The van der Waals surface area contributed by atoms with Gasteiger partial charge in [-0.2, -0.15) is 0 Å². The van der Waals surface area contributed by atoms with Gasteiger partial charge >= 0.3 is 0 Å². The van der Waals surface area contributed by atoms with Crippen LogP contribution in [-0.2, 0) is 0 Å². The van der Waals surface area contributed by atoms with Crippen LogP contribution in [0.5, 0.6) is 0 Å². The number of hydrogen-bond acceptors (Lipinski definition) is 2. The van der Waals surface area contributed by atoms with Crippen LogP contribution in [0.25, 0.3) is 0 Å². The van der Waals surface area contributed by atoms with Gasteiger partial charge in [0, 0.05) is 18.1 Å². The summed E-state index contributed by atoms with van der Waals surface area (Å²) in [5, 5.41) is 3.63. The summed E-state index contributed by atoms with van der Waals surface area (Å²) in [6, 6.07) is 0.823. The Hall–Kier alpha value is -0.0800. The lowest BCUT2D eigenvalue weighted by atomic mass is 9.77. The van der Waals surface area contributed by atoms with Gasteiger partial charge in [0.05, 0.1) is 0 Å². The Bertz CT molecular complexity index is 120. The first-order valence-corrected chi connectivity index (χ1v) is 4.32. The fourth-order valence-electron chi connectivity index (χ4n) is 1.67. The standard InChI is InChI=1S/C8H16N2/c9-6-8(4-1-5-8)10-7-2-3-7/h7,10H,1-6,9H2. The molecular weight excluding hydrogens is 124 g/mol. The highest BCUT2D eigenvalue weighted by Gasteiger charge is 2.39. The van der Waals surface area contributed by atoms with E-state index in [0.29, 0.717) is 5.54 Å². The third kappa shape index (κ3) is 1.06. The van der Waals surface area contributed by atoms with Crippen molar-refractivity contribution < 1.29 is 0 Å². The Balaban J connectivity index is 1.84. The molecule has 2 nitrogen and oxygen atoms in total. The Morgan fingerprint density at radius 1 is 1.40 bits per heavy atom. The van der Waals surface area contributed by atoms with Crippen LogP contribution in [0, 0.1) is 0 Å². The third-order valence-corrected chi connectivity index (χ3v) is 2.79. The van der Waals surface area contributed by atoms with Crippen molar-refractivity contribution in [1.82, 2.24) is 5.32 Å². The normalized spacial score (nSPS) is 29.7. The van der Waals surface area contributed by atoms with Gasteiger partial charge in [-0.15, -0.1) is 0 Å². The molecule has 0 unspecified atom stereocenters. The van der Waals surface area contributed by atoms with E-state index in [9.17, 15) is 0 Å². The van der Waals surface area contributed by atoms with Gasteiger partial charge in [0.25, 0.3) is 0 Å². The average Bonchev–Trinajstić information content (AvgIpc) is 2.62. The first kappa shape index (κ1) is 6.62. The maximum atomic E-state index is 5.68. The first-order chi connectivity index (χ1) is 4.85. The molecule has 10 heavy (non-hydrogen) atoms. The number of rotatable bonds is 3. The molecule has 0 aromatic carbocycles. The lowest BCUT2D eigenvalue weighted by molar-refractivity contribution is 0.191. The molecule has 2 fully saturated rings. The largest absolute Gasteiger partial charge is 0.329 e. The quantitative estimate of drug-likeness (QED) is 0.603. The molecule has 0 atom stereocenters. The summed E-state index contributed by atoms with van der Waals surface area (Å²) in [6.45, 7) is 0.837. The molecule has 0 aromatic rings. The van der Waals surface area contributed by atoms with Gasteiger partial charge < -0.3 is 11.1 Å². The van der Waals surface area contributed by atoms with Crippen molar-refractivity contribution in [2.24, 2.45) is 5.73 Å². The van der Waals surface area contributed by atoms with Gasteiger partial charge in [-0.25, -0.2) is 0 Å². The molecular formula is C8H16N2. The van der Waals surface area contributed by atoms with E-state index >= 15 is 0 Å². The lowest BCUT2D eigenvalue weighted by Crippen LogP contribution is -2.56. The Morgan fingerprint density at radius 3 is 2.40 bits per heavy atom. The molecule has 0 radical (unpaired) electrons. The zero-order chi connectivity index (χ0) is 7.03. The monoisotopic (exact) mass is 140 g/mol. The first-order valence-electron chi connectivity index (χ1n) is 4.32. The Morgan fingerprint density at radius 2 is 2.10 bits per heavy atom. The highest BCUT2D eigenvalue weighted by molar-refractivity contribution is 5.01. The minimum atomic E-state index is 0.376. The summed E-state index contributed by atoms with van der Waals surface area (Å²) < 4.78 is 0. The molecule has 0 bridgehead atoms. The molecule has 2 aliphatic carbocycles. The molecule has 58 valence electrons. The highest BCUT2D eigenvalue weighted by Crippen LogP contribution is 2.34. The van der Waals surface area contributed by atoms with Crippen LogP contribution in [0.2, 0.25) is 0 Å². The van der Waals surface area contributed by atoms with E-state index in [2.05, 4.69) is 5.32 Å². The fraction of sp³-hybridized carbons (Fsp3) is 1.00. The predicted molar refractivity (Wildman–Crippen MR) is 41.8 cm³/mol. The summed E-state index contributed by atoms with van der Waals surface area (Å²) in [5.74, 6) is 0. The average molecular weight is 140 g/mol. The van der Waals surface area contributed by atoms with Crippen molar-refractivity contribution in [3.8, 4) is 0 Å². The van der Waals surface area contributed by atoms with Crippen molar-refractivity contribution >= 4 is 0 Å². The summed E-state index contributed by atoms with van der Waals surface area (Å²) in [5.41, 5.74) is 6.06. The molecule has 2 rings (SSSR count). The third-order valence-electron chi connectivity index (χ3n) is 2.79. The van der Waals surface area contributed by atoms with Gasteiger partial charge in [-0.1, -0.05) is 0 Å². The highest BCUT2D eigenvalue weighted by atomic mass is 15.1. The van der Waals surface area contributed by atoms with E-state index in [-0.39, 0.29) is 0 Å². The van der Waals surface area contributed by atoms with Crippen LogP contribution in [0.3, 0.4) is 0 Å². The van der Waals surface area contributed by atoms with E-state index in [1.807, 2.05) is 0 Å². The van der Waals surface area contributed by atoms with Gasteiger partial charge in [0.1, 0.15) is 0 Å². The Labute approximate surface area is 62.2 Å². The SMILES string of the molecule is NCC1(NC2CC2)CCC1. The van der Waals surface area contributed by atoms with E-state index in [1.165, 1.54) is 32.1 Å². The maximum absolute atomic E-state index is 5.68. The molecule has 2 heteroatoms. The zero-order valence-corrected chi connectivity index (χ0v) is 6.40. The molecule has 0 heterocycles. The van der Waals surface area contributed by atoms with Crippen molar-refractivity contribution in [2.75, 3.05) is 6.54 Å². The van der Waals surface area contributed by atoms with Gasteiger partial charge in [-0.05, 0) is 32.1 Å². The van der Waals surface area contributed by atoms with Crippen molar-refractivity contribution in [2.45, 2.75) is 43.7 Å².